The lowest BCUT2D eigenvalue weighted by Crippen LogP contribution is -2.32. The first-order valence-corrected chi connectivity index (χ1v) is 8.27. The number of benzene rings is 1. The summed E-state index contributed by atoms with van der Waals surface area (Å²) in [6.07, 6.45) is 4.05. The highest BCUT2D eigenvalue weighted by Gasteiger charge is 2.15. The molecule has 28 heavy (non-hydrogen) atoms. The minimum Gasteiger partial charge on any atom is -0.325 e. The molecule has 1 aromatic carbocycles. The van der Waals surface area contributed by atoms with Crippen LogP contribution in [0.5, 0.6) is 0 Å². The van der Waals surface area contributed by atoms with E-state index in [0.29, 0.717) is 11.4 Å². The maximum Gasteiger partial charge on any atom is 0.328 e. The summed E-state index contributed by atoms with van der Waals surface area (Å²) in [6.45, 7) is 1.45. The van der Waals surface area contributed by atoms with Gasteiger partial charge in [0.05, 0.1) is 0 Å². The Hall–Kier alpha value is -4.02. The first-order chi connectivity index (χ1) is 13.4. The van der Waals surface area contributed by atoms with E-state index in [0.717, 1.165) is 10.6 Å². The van der Waals surface area contributed by atoms with E-state index in [1.54, 1.807) is 31.2 Å². The molecule has 3 aromatic rings. The van der Waals surface area contributed by atoms with E-state index in [1.807, 2.05) is 0 Å². The van der Waals surface area contributed by atoms with E-state index in [9.17, 15) is 19.2 Å². The van der Waals surface area contributed by atoms with Crippen molar-refractivity contribution in [2.45, 2.75) is 19.5 Å². The Labute approximate surface area is 158 Å². The van der Waals surface area contributed by atoms with E-state index in [-0.39, 0.29) is 12.5 Å². The smallest absolute Gasteiger partial charge is 0.325 e. The van der Waals surface area contributed by atoms with Crippen molar-refractivity contribution in [3.05, 3.63) is 70.0 Å². The lowest BCUT2D eigenvalue weighted by molar-refractivity contribution is -0.119. The summed E-state index contributed by atoms with van der Waals surface area (Å²) in [5.74, 6) is -0.703. The molecule has 3 N–H and O–H groups in total. The molecular formula is C17H17N7O4. The maximum absolute atomic E-state index is 12.2. The van der Waals surface area contributed by atoms with Crippen molar-refractivity contribution < 1.29 is 9.59 Å². The molecule has 2 aromatic heterocycles. The molecule has 0 bridgehead atoms. The summed E-state index contributed by atoms with van der Waals surface area (Å²) < 4.78 is 2.51. The van der Waals surface area contributed by atoms with Gasteiger partial charge in [-0.25, -0.2) is 14.5 Å². The molecule has 1 unspecified atom stereocenters. The SMILES string of the molecule is CC(C(=O)Nc1ccc(NC(=O)Cn2ccc(=O)[nH]c2=O)cc1)n1cncn1. The average Bonchev–Trinajstić information content (AvgIpc) is 3.19. The van der Waals surface area contributed by atoms with Crippen molar-refractivity contribution in [3.63, 3.8) is 0 Å². The fourth-order valence-electron chi connectivity index (χ4n) is 2.35. The second-order valence-electron chi connectivity index (χ2n) is 5.90. The van der Waals surface area contributed by atoms with Crippen molar-refractivity contribution in [2.75, 3.05) is 10.6 Å². The van der Waals surface area contributed by atoms with Crippen LogP contribution in [-0.2, 0) is 16.1 Å². The molecule has 2 amide bonds. The standard InChI is InChI=1S/C17H17N7O4/c1-11(24-10-18-9-19-24)16(27)21-13-4-2-12(3-5-13)20-15(26)8-23-7-6-14(25)22-17(23)28/h2-7,9-11H,8H2,1H3,(H,20,26)(H,21,27)(H,22,25,28). The van der Waals surface area contributed by atoms with Crippen LogP contribution in [0, 0.1) is 0 Å². The number of H-pyrrole nitrogens is 1. The average molecular weight is 383 g/mol. The third-order valence-electron chi connectivity index (χ3n) is 3.86. The normalized spacial score (nSPS) is 11.6. The molecule has 0 radical (unpaired) electrons. The lowest BCUT2D eigenvalue weighted by atomic mass is 10.2. The van der Waals surface area contributed by atoms with Gasteiger partial charge in [-0.1, -0.05) is 0 Å². The van der Waals surface area contributed by atoms with Gasteiger partial charge in [-0.3, -0.25) is 23.9 Å². The minimum absolute atomic E-state index is 0.247. The van der Waals surface area contributed by atoms with E-state index < -0.39 is 23.2 Å². The van der Waals surface area contributed by atoms with Crippen LogP contribution in [0.15, 0.2) is 58.8 Å². The molecule has 11 nitrogen and oxygen atoms in total. The number of amides is 2. The van der Waals surface area contributed by atoms with Crippen molar-refractivity contribution in [2.24, 2.45) is 0 Å². The van der Waals surface area contributed by atoms with Crippen LogP contribution in [0.1, 0.15) is 13.0 Å². The van der Waals surface area contributed by atoms with Gasteiger partial charge in [0.2, 0.25) is 11.8 Å². The Kier molecular flexibility index (Phi) is 5.44. The Balaban J connectivity index is 1.58. The Morgan fingerprint density at radius 1 is 1.11 bits per heavy atom. The third kappa shape index (κ3) is 4.58. The van der Waals surface area contributed by atoms with Gasteiger partial charge in [0, 0.05) is 23.6 Å². The molecule has 0 aliphatic carbocycles. The van der Waals surface area contributed by atoms with Crippen LogP contribution in [0.3, 0.4) is 0 Å². The number of hydrogen-bond acceptors (Lipinski definition) is 6. The molecular weight excluding hydrogens is 366 g/mol. The summed E-state index contributed by atoms with van der Waals surface area (Å²) in [5, 5.41) is 9.30. The highest BCUT2D eigenvalue weighted by molar-refractivity contribution is 5.94. The minimum atomic E-state index is -0.665. The number of nitrogens with one attached hydrogen (secondary N) is 3. The second kappa shape index (κ2) is 8.12. The van der Waals surface area contributed by atoms with Crippen molar-refractivity contribution in [1.82, 2.24) is 24.3 Å². The summed E-state index contributed by atoms with van der Waals surface area (Å²) in [5.41, 5.74) is -0.156. The van der Waals surface area contributed by atoms with Gasteiger partial charge < -0.3 is 10.6 Å². The van der Waals surface area contributed by atoms with E-state index in [1.165, 1.54) is 23.5 Å². The molecule has 1 atom stereocenters. The predicted molar refractivity (Wildman–Crippen MR) is 99.8 cm³/mol. The fourth-order valence-corrected chi connectivity index (χ4v) is 2.35. The van der Waals surface area contributed by atoms with Crippen LogP contribution in [0.4, 0.5) is 11.4 Å². The largest absolute Gasteiger partial charge is 0.328 e. The number of nitrogens with zero attached hydrogens (tertiary/aromatic N) is 4. The van der Waals surface area contributed by atoms with Crippen LogP contribution >= 0.6 is 0 Å². The molecule has 0 saturated carbocycles. The number of aromatic amines is 1. The molecule has 11 heteroatoms. The van der Waals surface area contributed by atoms with Crippen LogP contribution in [-0.4, -0.2) is 36.1 Å². The molecule has 0 saturated heterocycles. The van der Waals surface area contributed by atoms with Crippen molar-refractivity contribution in [3.8, 4) is 0 Å². The Morgan fingerprint density at radius 2 is 1.79 bits per heavy atom. The third-order valence-corrected chi connectivity index (χ3v) is 3.86. The first-order valence-electron chi connectivity index (χ1n) is 8.27. The number of aromatic nitrogens is 5. The topological polar surface area (TPSA) is 144 Å². The summed E-state index contributed by atoms with van der Waals surface area (Å²) in [6, 6.07) is 7.12. The number of carbonyl (C=O) groups excluding carboxylic acids is 2. The lowest BCUT2D eigenvalue weighted by Gasteiger charge is -2.12. The number of carbonyl (C=O) groups is 2. The van der Waals surface area contributed by atoms with Crippen LogP contribution in [0.25, 0.3) is 0 Å². The highest BCUT2D eigenvalue weighted by Crippen LogP contribution is 2.15. The Morgan fingerprint density at radius 3 is 2.39 bits per heavy atom. The van der Waals surface area contributed by atoms with Gasteiger partial charge in [-0.2, -0.15) is 5.10 Å². The molecule has 0 aliphatic heterocycles. The fraction of sp³-hybridized carbons (Fsp3) is 0.176. The Bertz CT molecular complexity index is 1080. The van der Waals surface area contributed by atoms with Gasteiger partial charge in [0.15, 0.2) is 0 Å². The van der Waals surface area contributed by atoms with Crippen molar-refractivity contribution >= 4 is 23.2 Å². The number of rotatable bonds is 6. The quantitative estimate of drug-likeness (QED) is 0.545. The van der Waals surface area contributed by atoms with E-state index in [4.69, 9.17) is 0 Å². The van der Waals surface area contributed by atoms with Gasteiger partial charge in [-0.05, 0) is 31.2 Å². The predicted octanol–water partition coefficient (Wildman–Crippen LogP) is -0.0335. The highest BCUT2D eigenvalue weighted by atomic mass is 16.2. The number of anilines is 2. The summed E-state index contributed by atoms with van der Waals surface area (Å²) in [7, 11) is 0. The van der Waals surface area contributed by atoms with Crippen LogP contribution < -0.4 is 21.9 Å². The van der Waals surface area contributed by atoms with Crippen molar-refractivity contribution in [1.29, 1.82) is 0 Å². The molecule has 0 aliphatic rings. The summed E-state index contributed by atoms with van der Waals surface area (Å²) in [4.78, 5) is 52.8. The molecule has 2 heterocycles. The monoisotopic (exact) mass is 383 g/mol. The summed E-state index contributed by atoms with van der Waals surface area (Å²) >= 11 is 0. The molecule has 0 spiro atoms. The molecule has 0 fully saturated rings. The number of hydrogen-bond donors (Lipinski definition) is 3. The second-order valence-corrected chi connectivity index (χ2v) is 5.90. The maximum atomic E-state index is 12.2. The molecule has 3 rings (SSSR count). The molecule has 144 valence electrons. The first kappa shape index (κ1) is 18.8. The van der Waals surface area contributed by atoms with Gasteiger partial charge in [0.25, 0.3) is 5.56 Å². The zero-order chi connectivity index (χ0) is 20.1. The van der Waals surface area contributed by atoms with Gasteiger partial charge in [-0.15, -0.1) is 0 Å². The van der Waals surface area contributed by atoms with E-state index in [2.05, 4.69) is 25.7 Å². The zero-order valence-electron chi connectivity index (χ0n) is 14.8. The zero-order valence-corrected chi connectivity index (χ0v) is 14.8. The van der Waals surface area contributed by atoms with E-state index >= 15 is 0 Å². The van der Waals surface area contributed by atoms with Gasteiger partial charge >= 0.3 is 5.69 Å². The van der Waals surface area contributed by atoms with Crippen LogP contribution in [0.2, 0.25) is 0 Å². The van der Waals surface area contributed by atoms with Gasteiger partial charge in [0.1, 0.15) is 25.2 Å².